The summed E-state index contributed by atoms with van der Waals surface area (Å²) in [4.78, 5) is 0. The van der Waals surface area contributed by atoms with E-state index in [1.165, 1.54) is 12.1 Å². The van der Waals surface area contributed by atoms with Crippen LogP contribution in [0, 0.1) is 17.1 Å². The number of nitrogens with zero attached hydrogens (tertiary/aromatic N) is 1. The molecular weight excluding hydrogens is 373 g/mol. The number of thioether (sulfide) groups is 1. The Morgan fingerprint density at radius 2 is 1.89 bits per heavy atom. The molecule has 0 unspecified atom stereocenters. The quantitative estimate of drug-likeness (QED) is 0.556. The van der Waals surface area contributed by atoms with Crippen LogP contribution >= 0.6 is 11.8 Å². The van der Waals surface area contributed by atoms with E-state index in [4.69, 9.17) is 14.7 Å². The van der Waals surface area contributed by atoms with Gasteiger partial charge in [0.05, 0.1) is 18.2 Å². The molecule has 3 nitrogen and oxygen atoms in total. The Balaban J connectivity index is 1.50. The number of nitriles is 1. The van der Waals surface area contributed by atoms with Crippen molar-refractivity contribution in [1.29, 1.82) is 5.26 Å². The molecule has 1 atom stereocenters. The average Bonchev–Trinajstić information content (AvgIpc) is 2.74. The molecule has 0 fully saturated rings. The van der Waals surface area contributed by atoms with Crippen LogP contribution in [0.15, 0.2) is 66.7 Å². The van der Waals surface area contributed by atoms with Gasteiger partial charge in [-0.15, -0.1) is 0 Å². The third-order valence-electron chi connectivity index (χ3n) is 4.48. The van der Waals surface area contributed by atoms with Crippen LogP contribution in [-0.2, 0) is 22.8 Å². The first-order chi connectivity index (χ1) is 13.7. The number of benzene rings is 3. The summed E-state index contributed by atoms with van der Waals surface area (Å²) in [5, 5.41) is 9.02. The molecule has 3 aromatic rings. The topological polar surface area (TPSA) is 42.2 Å². The molecule has 0 radical (unpaired) electrons. The molecule has 0 saturated carbocycles. The van der Waals surface area contributed by atoms with Crippen LogP contribution in [-0.4, -0.2) is 0 Å². The minimum atomic E-state index is -0.491. The number of hydrogen-bond acceptors (Lipinski definition) is 4. The van der Waals surface area contributed by atoms with Gasteiger partial charge in [0.2, 0.25) is 6.29 Å². The van der Waals surface area contributed by atoms with E-state index in [9.17, 15) is 4.39 Å². The number of fused-ring (bicyclic) bond motifs is 1. The number of ether oxygens (including phenoxy) is 2. The summed E-state index contributed by atoms with van der Waals surface area (Å²) in [7, 11) is 0. The van der Waals surface area contributed by atoms with Crippen molar-refractivity contribution in [1.82, 2.24) is 0 Å². The average molecular weight is 391 g/mol. The zero-order valence-corrected chi connectivity index (χ0v) is 15.9. The van der Waals surface area contributed by atoms with Crippen molar-refractivity contribution < 1.29 is 13.9 Å². The first kappa shape index (κ1) is 18.5. The fourth-order valence-corrected chi connectivity index (χ4v) is 4.12. The molecule has 0 spiro atoms. The second-order valence-corrected chi connectivity index (χ2v) is 7.52. The van der Waals surface area contributed by atoms with E-state index in [0.717, 1.165) is 28.0 Å². The maximum Gasteiger partial charge on any atom is 0.227 e. The first-order valence-electron chi connectivity index (χ1n) is 8.94. The maximum atomic E-state index is 14.1. The summed E-state index contributed by atoms with van der Waals surface area (Å²) < 4.78 is 25.9. The van der Waals surface area contributed by atoms with Gasteiger partial charge in [-0.2, -0.15) is 17.0 Å². The van der Waals surface area contributed by atoms with Gasteiger partial charge in [0.15, 0.2) is 0 Å². The molecule has 0 saturated heterocycles. The van der Waals surface area contributed by atoms with Gasteiger partial charge in [0.25, 0.3) is 0 Å². The zero-order valence-electron chi connectivity index (χ0n) is 15.1. The minimum Gasteiger partial charge on any atom is -0.460 e. The number of rotatable bonds is 5. The molecule has 28 heavy (non-hydrogen) atoms. The maximum absolute atomic E-state index is 14.1. The van der Waals surface area contributed by atoms with Gasteiger partial charge in [-0.3, -0.25) is 0 Å². The molecule has 0 bridgehead atoms. The second kappa shape index (κ2) is 8.47. The summed E-state index contributed by atoms with van der Waals surface area (Å²) in [6, 6.07) is 22.4. The Hall–Kier alpha value is -2.81. The molecule has 5 heteroatoms. The Morgan fingerprint density at radius 3 is 2.71 bits per heavy atom. The van der Waals surface area contributed by atoms with E-state index in [-0.39, 0.29) is 5.82 Å². The normalized spacial score (nSPS) is 15.4. The van der Waals surface area contributed by atoms with Gasteiger partial charge in [0, 0.05) is 28.2 Å². The Bertz CT molecular complexity index is 1020. The van der Waals surface area contributed by atoms with Gasteiger partial charge in [-0.05, 0) is 29.8 Å². The van der Waals surface area contributed by atoms with Gasteiger partial charge < -0.3 is 9.47 Å². The molecule has 1 aliphatic heterocycles. The van der Waals surface area contributed by atoms with E-state index >= 15 is 0 Å². The molecule has 0 aromatic heterocycles. The number of halogens is 1. The minimum absolute atomic E-state index is 0.286. The highest BCUT2D eigenvalue weighted by Crippen LogP contribution is 2.38. The highest BCUT2D eigenvalue weighted by Gasteiger charge is 2.25. The van der Waals surface area contributed by atoms with Crippen LogP contribution in [0.25, 0.3) is 0 Å². The summed E-state index contributed by atoms with van der Waals surface area (Å²) in [6.07, 6.45) is -0.491. The van der Waals surface area contributed by atoms with Crippen molar-refractivity contribution >= 4 is 11.8 Å². The lowest BCUT2D eigenvalue weighted by atomic mass is 10.1. The molecular formula is C23H18FNO2S. The van der Waals surface area contributed by atoms with Gasteiger partial charge >= 0.3 is 0 Å². The van der Waals surface area contributed by atoms with Gasteiger partial charge in [-0.25, -0.2) is 4.39 Å². The highest BCUT2D eigenvalue weighted by atomic mass is 32.2. The fraction of sp³-hybridized carbons (Fsp3) is 0.174. The molecule has 4 rings (SSSR count). The SMILES string of the molecule is N#Cc1cccc(CSCc2cc(F)cc3c2O[C@H](c2ccccc2)OC3)c1. The van der Waals surface area contributed by atoms with Gasteiger partial charge in [0.1, 0.15) is 11.6 Å². The smallest absolute Gasteiger partial charge is 0.227 e. The van der Waals surface area contributed by atoms with Crippen LogP contribution < -0.4 is 4.74 Å². The zero-order chi connectivity index (χ0) is 19.3. The van der Waals surface area contributed by atoms with Crippen LogP contribution in [0.2, 0.25) is 0 Å². The van der Waals surface area contributed by atoms with Crippen LogP contribution in [0.5, 0.6) is 5.75 Å². The summed E-state index contributed by atoms with van der Waals surface area (Å²) in [6.45, 7) is 0.314. The molecule has 3 aromatic carbocycles. The molecule has 0 amide bonds. The van der Waals surface area contributed by atoms with Crippen molar-refractivity contribution in [3.63, 3.8) is 0 Å². The third kappa shape index (κ3) is 4.19. The Morgan fingerprint density at radius 1 is 1.04 bits per heavy atom. The second-order valence-electron chi connectivity index (χ2n) is 6.53. The van der Waals surface area contributed by atoms with Crippen LogP contribution in [0.4, 0.5) is 4.39 Å². The van der Waals surface area contributed by atoms with Crippen molar-refractivity contribution in [2.45, 2.75) is 24.4 Å². The van der Waals surface area contributed by atoms with Gasteiger partial charge in [-0.1, -0.05) is 42.5 Å². The lowest BCUT2D eigenvalue weighted by Crippen LogP contribution is -2.19. The predicted molar refractivity (Wildman–Crippen MR) is 107 cm³/mol. The van der Waals surface area contributed by atoms with Crippen molar-refractivity contribution in [2.24, 2.45) is 0 Å². The molecule has 0 N–H and O–H groups in total. The fourth-order valence-electron chi connectivity index (χ4n) is 3.17. The van der Waals surface area contributed by atoms with E-state index in [1.807, 2.05) is 48.5 Å². The number of hydrogen-bond donors (Lipinski definition) is 0. The summed E-state index contributed by atoms with van der Waals surface area (Å²) in [5.41, 5.74) is 4.20. The van der Waals surface area contributed by atoms with E-state index < -0.39 is 6.29 Å². The monoisotopic (exact) mass is 391 g/mol. The van der Waals surface area contributed by atoms with Crippen LogP contribution in [0.3, 0.4) is 0 Å². The predicted octanol–water partition coefficient (Wildman–Crippen LogP) is 5.74. The lowest BCUT2D eigenvalue weighted by molar-refractivity contribution is -0.112. The van der Waals surface area contributed by atoms with Crippen molar-refractivity contribution in [3.8, 4) is 11.8 Å². The van der Waals surface area contributed by atoms with Crippen LogP contribution in [0.1, 0.15) is 34.1 Å². The molecule has 1 heterocycles. The largest absolute Gasteiger partial charge is 0.460 e. The molecule has 0 aliphatic carbocycles. The third-order valence-corrected chi connectivity index (χ3v) is 5.53. The Kier molecular flexibility index (Phi) is 5.61. The summed E-state index contributed by atoms with van der Waals surface area (Å²) in [5.74, 6) is 1.77. The highest BCUT2D eigenvalue weighted by molar-refractivity contribution is 7.97. The standard InChI is InChI=1S/C23H18FNO2S/c24-21-10-19-13-26-23(18-7-2-1-3-8-18)27-22(19)20(11-21)15-28-14-17-6-4-5-16(9-17)12-25/h1-11,23H,13-15H2/t23-/m1/s1. The first-order valence-corrected chi connectivity index (χ1v) is 10.1. The van der Waals surface area contributed by atoms with Crippen molar-refractivity contribution in [3.05, 3.63) is 100 Å². The molecule has 140 valence electrons. The summed E-state index contributed by atoms with van der Waals surface area (Å²) >= 11 is 1.66. The van der Waals surface area contributed by atoms with Crippen molar-refractivity contribution in [2.75, 3.05) is 0 Å². The van der Waals surface area contributed by atoms with E-state index in [2.05, 4.69) is 6.07 Å². The molecule has 1 aliphatic rings. The Labute approximate surface area is 167 Å². The lowest BCUT2D eigenvalue weighted by Gasteiger charge is -2.28. The van der Waals surface area contributed by atoms with E-state index in [1.54, 1.807) is 17.8 Å². The van der Waals surface area contributed by atoms with E-state index in [0.29, 0.717) is 23.7 Å².